The summed E-state index contributed by atoms with van der Waals surface area (Å²) in [6, 6.07) is 0. The summed E-state index contributed by atoms with van der Waals surface area (Å²) in [6.07, 6.45) is -4.53. The maximum Gasteiger partial charge on any atom is 0.335 e. The smallest absolute Gasteiger partial charge is 0.335 e. The van der Waals surface area contributed by atoms with Gasteiger partial charge >= 0.3 is 11.9 Å². The third-order valence-electron chi connectivity index (χ3n) is 0.805. The molecule has 0 spiro atoms. The Morgan fingerprint density at radius 1 is 0.917 bits per heavy atom. The average molecular weight is 223 g/mol. The first-order valence-electron chi connectivity index (χ1n) is 2.28. The van der Waals surface area contributed by atoms with Crippen molar-refractivity contribution in [3.8, 4) is 0 Å². The number of carboxylic acids is 2. The fourth-order valence-corrected chi connectivity index (χ4v) is 0.270. The molecular weight excluding hydrogens is 214 g/mol. The monoisotopic (exact) mass is 223 g/mol. The van der Waals surface area contributed by atoms with Crippen LogP contribution in [0, 0.1) is 0 Å². The Kier molecular flexibility index (Phi) is 10.2. The van der Waals surface area contributed by atoms with Gasteiger partial charge in [0.25, 0.3) is 0 Å². The normalized spacial score (nSPS) is 13.2. The second kappa shape index (κ2) is 7.01. The summed E-state index contributed by atoms with van der Waals surface area (Å²) in [4.78, 5) is 19.5. The fraction of sp³-hybridized carbons (Fsp3) is 0.500. The van der Waals surface area contributed by atoms with Crippen molar-refractivity contribution in [2.45, 2.75) is 12.2 Å². The molecular formula is C4H9FeNO6. The van der Waals surface area contributed by atoms with Crippen LogP contribution in [0.3, 0.4) is 0 Å². The molecule has 0 aromatic heterocycles. The van der Waals surface area contributed by atoms with Gasteiger partial charge in [0.15, 0.2) is 12.2 Å². The zero-order chi connectivity index (χ0) is 8.31. The Morgan fingerprint density at radius 2 is 1.08 bits per heavy atom. The molecule has 2 atom stereocenters. The van der Waals surface area contributed by atoms with Crippen LogP contribution in [0.5, 0.6) is 0 Å². The van der Waals surface area contributed by atoms with Crippen molar-refractivity contribution < 1.29 is 47.1 Å². The number of rotatable bonds is 3. The van der Waals surface area contributed by atoms with E-state index in [1.807, 2.05) is 0 Å². The number of carbonyl (C=O) groups is 2. The SMILES string of the molecule is N.O=C(O)C(O)C(O)C(=O)O.[Fe]. The minimum atomic E-state index is -2.27. The molecule has 0 aliphatic heterocycles. The third kappa shape index (κ3) is 5.05. The Bertz CT molecular complexity index is 144. The van der Waals surface area contributed by atoms with Gasteiger partial charge in [0.05, 0.1) is 0 Å². The molecule has 0 aliphatic rings. The molecule has 0 aliphatic carbocycles. The molecule has 7 nitrogen and oxygen atoms in total. The standard InChI is InChI=1S/C4H6O6.Fe.H3N/c5-1(3(7)8)2(6)4(9)10;;/h1-2,5-6H,(H,7,8)(H,9,10);;1H3. The number of aliphatic carboxylic acids is 2. The van der Waals surface area contributed by atoms with Gasteiger partial charge in [-0.25, -0.2) is 9.59 Å². The Morgan fingerprint density at radius 3 is 1.17 bits per heavy atom. The zero-order valence-corrected chi connectivity index (χ0v) is 6.92. The fourth-order valence-electron chi connectivity index (χ4n) is 0.270. The Hall–Kier alpha value is -0.661. The summed E-state index contributed by atoms with van der Waals surface area (Å²) in [5, 5.41) is 32.5. The first-order valence-corrected chi connectivity index (χ1v) is 2.28. The molecule has 0 heterocycles. The molecule has 2 unspecified atom stereocenters. The topological polar surface area (TPSA) is 150 Å². The van der Waals surface area contributed by atoms with Crippen molar-refractivity contribution in [3.05, 3.63) is 0 Å². The average Bonchev–Trinajstić information content (AvgIpc) is 1.84. The minimum Gasteiger partial charge on any atom is -0.479 e. The second-order valence-corrected chi connectivity index (χ2v) is 1.57. The first-order chi connectivity index (χ1) is 4.46. The molecule has 0 rings (SSSR count). The second-order valence-electron chi connectivity index (χ2n) is 1.57. The molecule has 0 amide bonds. The summed E-state index contributed by atoms with van der Waals surface area (Å²) in [6.45, 7) is 0. The van der Waals surface area contributed by atoms with Crippen molar-refractivity contribution in [2.24, 2.45) is 0 Å². The Balaban J connectivity index is -0.000000405. The van der Waals surface area contributed by atoms with Crippen molar-refractivity contribution >= 4 is 11.9 Å². The Labute approximate surface area is 78.1 Å². The molecule has 0 bridgehead atoms. The van der Waals surface area contributed by atoms with Gasteiger partial charge in [-0.05, 0) is 0 Å². The van der Waals surface area contributed by atoms with Crippen LogP contribution in [0.25, 0.3) is 0 Å². The van der Waals surface area contributed by atoms with E-state index in [4.69, 9.17) is 20.4 Å². The van der Waals surface area contributed by atoms with Gasteiger partial charge in [0, 0.05) is 17.1 Å². The van der Waals surface area contributed by atoms with E-state index in [0.29, 0.717) is 0 Å². The van der Waals surface area contributed by atoms with E-state index in [2.05, 4.69) is 0 Å². The van der Waals surface area contributed by atoms with Crippen LogP contribution in [0.1, 0.15) is 0 Å². The molecule has 7 N–H and O–H groups in total. The van der Waals surface area contributed by atoms with E-state index >= 15 is 0 Å². The molecule has 0 fully saturated rings. The maximum absolute atomic E-state index is 9.77. The quantitative estimate of drug-likeness (QED) is 0.348. The molecule has 0 saturated carbocycles. The first kappa shape index (κ1) is 17.4. The van der Waals surface area contributed by atoms with Crippen molar-refractivity contribution in [1.29, 1.82) is 0 Å². The summed E-state index contributed by atoms with van der Waals surface area (Å²) < 4.78 is 0. The van der Waals surface area contributed by atoms with Gasteiger partial charge in [-0.2, -0.15) is 0 Å². The molecule has 12 heavy (non-hydrogen) atoms. The van der Waals surface area contributed by atoms with Gasteiger partial charge in [-0.3, -0.25) is 0 Å². The van der Waals surface area contributed by atoms with Crippen LogP contribution < -0.4 is 6.15 Å². The van der Waals surface area contributed by atoms with Crippen molar-refractivity contribution in [2.75, 3.05) is 0 Å². The van der Waals surface area contributed by atoms with Crippen LogP contribution >= 0.6 is 0 Å². The van der Waals surface area contributed by atoms with Crippen molar-refractivity contribution in [3.63, 3.8) is 0 Å². The minimum absolute atomic E-state index is 0. The number of hydrogen-bond acceptors (Lipinski definition) is 5. The number of hydrogen-bond donors (Lipinski definition) is 5. The molecule has 74 valence electrons. The largest absolute Gasteiger partial charge is 0.479 e. The number of carboxylic acid groups (broad SMARTS) is 2. The van der Waals surface area contributed by atoms with Gasteiger partial charge in [0.2, 0.25) is 0 Å². The van der Waals surface area contributed by atoms with Crippen LogP contribution in [0.2, 0.25) is 0 Å². The molecule has 0 saturated heterocycles. The summed E-state index contributed by atoms with van der Waals surface area (Å²) in [7, 11) is 0. The third-order valence-corrected chi connectivity index (χ3v) is 0.805. The predicted molar refractivity (Wildman–Crippen MR) is 32.3 cm³/mol. The van der Waals surface area contributed by atoms with E-state index in [1.165, 1.54) is 0 Å². The van der Waals surface area contributed by atoms with Gasteiger partial charge in [0.1, 0.15) is 0 Å². The summed E-state index contributed by atoms with van der Waals surface area (Å²) in [5.74, 6) is -3.54. The molecule has 8 heteroatoms. The van der Waals surface area contributed by atoms with E-state index in [0.717, 1.165) is 0 Å². The molecule has 0 aromatic carbocycles. The predicted octanol–water partition coefficient (Wildman–Crippen LogP) is -1.96. The van der Waals surface area contributed by atoms with E-state index in [-0.39, 0.29) is 23.2 Å². The number of aliphatic hydroxyl groups excluding tert-OH is 2. The summed E-state index contributed by atoms with van der Waals surface area (Å²) in [5.41, 5.74) is 0. The zero-order valence-electron chi connectivity index (χ0n) is 5.82. The summed E-state index contributed by atoms with van der Waals surface area (Å²) >= 11 is 0. The maximum atomic E-state index is 9.77. The van der Waals surface area contributed by atoms with Gasteiger partial charge in [-0.1, -0.05) is 0 Å². The number of aliphatic hydroxyl groups is 2. The van der Waals surface area contributed by atoms with E-state index < -0.39 is 24.1 Å². The van der Waals surface area contributed by atoms with E-state index in [9.17, 15) is 9.59 Å². The van der Waals surface area contributed by atoms with Gasteiger partial charge in [-0.15, -0.1) is 0 Å². The van der Waals surface area contributed by atoms with Crippen molar-refractivity contribution in [1.82, 2.24) is 6.15 Å². The van der Waals surface area contributed by atoms with Gasteiger partial charge < -0.3 is 26.6 Å². The molecule has 0 radical (unpaired) electrons. The van der Waals surface area contributed by atoms with Crippen LogP contribution in [0.15, 0.2) is 0 Å². The molecule has 0 aromatic rings. The van der Waals surface area contributed by atoms with Crippen LogP contribution in [-0.2, 0) is 26.7 Å². The van der Waals surface area contributed by atoms with Crippen LogP contribution in [0.4, 0.5) is 0 Å². The van der Waals surface area contributed by atoms with E-state index in [1.54, 1.807) is 0 Å². The van der Waals surface area contributed by atoms with Crippen LogP contribution in [-0.4, -0.2) is 44.6 Å².